The molecule has 0 saturated heterocycles. The summed E-state index contributed by atoms with van der Waals surface area (Å²) in [6, 6.07) is 5.06. The van der Waals surface area contributed by atoms with Gasteiger partial charge in [-0.25, -0.2) is 0 Å². The third-order valence-electron chi connectivity index (χ3n) is 5.16. The molecule has 1 aliphatic heterocycles. The number of nitrogens with zero attached hydrogens (tertiary/aromatic N) is 1. The molecule has 1 aliphatic rings. The van der Waals surface area contributed by atoms with Crippen molar-refractivity contribution in [1.82, 2.24) is 4.90 Å². The Labute approximate surface area is 168 Å². The lowest BCUT2D eigenvalue weighted by molar-refractivity contribution is -0.136. The Hall–Kier alpha value is -3.13. The number of carboxylic acids is 1. The minimum Gasteiger partial charge on any atom is -0.504 e. The van der Waals surface area contributed by atoms with Crippen LogP contribution in [0, 0.1) is 0 Å². The summed E-state index contributed by atoms with van der Waals surface area (Å²) in [6.07, 6.45) is 1.12. The van der Waals surface area contributed by atoms with Crippen LogP contribution in [0.1, 0.15) is 41.0 Å². The zero-order valence-corrected chi connectivity index (χ0v) is 16.3. The Kier molecular flexibility index (Phi) is 5.74. The second-order valence-corrected chi connectivity index (χ2v) is 7.52. The van der Waals surface area contributed by atoms with Gasteiger partial charge >= 0.3 is 5.97 Å². The van der Waals surface area contributed by atoms with Crippen molar-refractivity contribution in [2.24, 2.45) is 0 Å². The molecule has 1 atom stereocenters. The first-order valence-corrected chi connectivity index (χ1v) is 9.31. The molecule has 0 bridgehead atoms. The smallest absolute Gasteiger partial charge is 0.307 e. The molecule has 8 heteroatoms. The van der Waals surface area contributed by atoms with Crippen LogP contribution >= 0.6 is 0 Å². The number of carbonyl (C=O) groups is 1. The highest BCUT2D eigenvalue weighted by Crippen LogP contribution is 2.54. The minimum atomic E-state index is -0.966. The highest BCUT2D eigenvalue weighted by molar-refractivity contribution is 5.71. The number of hydrogen-bond donors (Lipinski definition) is 5. The van der Waals surface area contributed by atoms with E-state index in [9.17, 15) is 25.2 Å². The monoisotopic (exact) mass is 403 g/mol. The van der Waals surface area contributed by atoms with Gasteiger partial charge in [0.2, 0.25) is 11.5 Å². The molecular weight excluding hydrogens is 378 g/mol. The molecule has 0 aliphatic carbocycles. The number of carboxylic acid groups (broad SMARTS) is 1. The van der Waals surface area contributed by atoms with Gasteiger partial charge in [-0.3, -0.25) is 4.79 Å². The molecule has 0 fully saturated rings. The van der Waals surface area contributed by atoms with E-state index in [1.807, 2.05) is 19.0 Å². The molecule has 29 heavy (non-hydrogen) atoms. The Morgan fingerprint density at radius 3 is 2.45 bits per heavy atom. The van der Waals surface area contributed by atoms with Gasteiger partial charge in [-0.15, -0.1) is 0 Å². The fraction of sp³-hybridized carbons (Fsp3) is 0.381. The van der Waals surface area contributed by atoms with Crippen molar-refractivity contribution < 1.29 is 35.1 Å². The summed E-state index contributed by atoms with van der Waals surface area (Å²) >= 11 is 0. The number of phenolic OH excluding ortho intramolecular Hbond substituents is 4. The lowest BCUT2D eigenvalue weighted by Gasteiger charge is -2.23. The maximum Gasteiger partial charge on any atom is 0.307 e. The molecule has 1 heterocycles. The van der Waals surface area contributed by atoms with Crippen LogP contribution in [0.4, 0.5) is 0 Å². The third-order valence-corrected chi connectivity index (χ3v) is 5.16. The number of aliphatic carboxylic acids is 1. The van der Waals surface area contributed by atoms with Crippen LogP contribution in [0.5, 0.6) is 28.7 Å². The van der Waals surface area contributed by atoms with Crippen LogP contribution in [0.2, 0.25) is 0 Å². The fourth-order valence-corrected chi connectivity index (χ4v) is 3.79. The second-order valence-electron chi connectivity index (χ2n) is 7.52. The van der Waals surface area contributed by atoms with Gasteiger partial charge in [0.15, 0.2) is 11.5 Å². The molecule has 156 valence electrons. The number of rotatable bonds is 6. The van der Waals surface area contributed by atoms with Crippen LogP contribution in [0.3, 0.4) is 0 Å². The summed E-state index contributed by atoms with van der Waals surface area (Å²) < 4.78 is 5.80. The molecule has 3 rings (SSSR count). The summed E-state index contributed by atoms with van der Waals surface area (Å²) in [5, 5.41) is 50.2. The minimum absolute atomic E-state index is 0.113. The highest BCUT2D eigenvalue weighted by Gasteiger charge is 2.33. The molecule has 0 amide bonds. The summed E-state index contributed by atoms with van der Waals surface area (Å²) in [6.45, 7) is 0.658. The lowest BCUT2D eigenvalue weighted by atomic mass is 9.83. The molecule has 5 N–H and O–H groups in total. The molecular formula is C21H25NO7. The van der Waals surface area contributed by atoms with E-state index in [2.05, 4.69) is 0 Å². The van der Waals surface area contributed by atoms with E-state index in [-0.39, 0.29) is 24.2 Å². The molecule has 2 aromatic rings. The van der Waals surface area contributed by atoms with Gasteiger partial charge in [-0.1, -0.05) is 12.1 Å². The van der Waals surface area contributed by atoms with E-state index in [4.69, 9.17) is 9.84 Å². The van der Waals surface area contributed by atoms with Crippen LogP contribution in [-0.2, 0) is 17.8 Å². The second kappa shape index (κ2) is 8.08. The molecule has 0 radical (unpaired) electrons. The normalized spacial score (nSPS) is 15.3. The fourth-order valence-electron chi connectivity index (χ4n) is 3.79. The zero-order chi connectivity index (χ0) is 21.3. The van der Waals surface area contributed by atoms with E-state index >= 15 is 0 Å². The maximum absolute atomic E-state index is 11.1. The van der Waals surface area contributed by atoms with Crippen LogP contribution < -0.4 is 4.74 Å². The predicted octanol–water partition coefficient (Wildman–Crippen LogP) is 2.50. The Morgan fingerprint density at radius 2 is 1.79 bits per heavy atom. The molecule has 1 unspecified atom stereocenters. The van der Waals surface area contributed by atoms with Gasteiger partial charge in [0.1, 0.15) is 12.4 Å². The Bertz CT molecular complexity index is 939. The number of fused-ring (bicyclic) bond motifs is 2. The Balaban J connectivity index is 2.17. The first-order valence-electron chi connectivity index (χ1n) is 9.31. The SMILES string of the molecule is CN(C)CCCC1c2cc(CC(=O)O)ccc2OCc2c(O)c(O)c(O)c(O)c21. The van der Waals surface area contributed by atoms with E-state index in [0.29, 0.717) is 23.3 Å². The topological polar surface area (TPSA) is 131 Å². The van der Waals surface area contributed by atoms with Crippen molar-refractivity contribution in [3.8, 4) is 28.7 Å². The average molecular weight is 403 g/mol. The van der Waals surface area contributed by atoms with Crippen molar-refractivity contribution in [2.45, 2.75) is 31.8 Å². The molecule has 0 spiro atoms. The predicted molar refractivity (Wildman–Crippen MR) is 105 cm³/mol. The molecule has 0 aromatic heterocycles. The maximum atomic E-state index is 11.1. The van der Waals surface area contributed by atoms with Gasteiger partial charge in [-0.05, 0) is 45.1 Å². The molecule has 8 nitrogen and oxygen atoms in total. The Morgan fingerprint density at radius 1 is 1.10 bits per heavy atom. The van der Waals surface area contributed by atoms with Crippen molar-refractivity contribution in [3.05, 3.63) is 40.5 Å². The van der Waals surface area contributed by atoms with Gasteiger partial charge < -0.3 is 35.2 Å². The largest absolute Gasteiger partial charge is 0.504 e. The van der Waals surface area contributed by atoms with Crippen LogP contribution in [-0.4, -0.2) is 57.0 Å². The van der Waals surface area contributed by atoms with Crippen molar-refractivity contribution >= 4 is 5.97 Å². The first-order chi connectivity index (χ1) is 13.7. The number of hydrogen-bond acceptors (Lipinski definition) is 7. The third kappa shape index (κ3) is 4.02. The average Bonchev–Trinajstić information content (AvgIpc) is 2.81. The van der Waals surface area contributed by atoms with Crippen LogP contribution in [0.25, 0.3) is 0 Å². The van der Waals surface area contributed by atoms with Gasteiger partial charge in [0.25, 0.3) is 0 Å². The molecule has 0 saturated carbocycles. The van der Waals surface area contributed by atoms with Crippen LogP contribution in [0.15, 0.2) is 18.2 Å². The van der Waals surface area contributed by atoms with Gasteiger partial charge in [0.05, 0.1) is 6.42 Å². The molecule has 2 aromatic carbocycles. The summed E-state index contributed by atoms with van der Waals surface area (Å²) in [5.41, 5.74) is 1.72. The zero-order valence-electron chi connectivity index (χ0n) is 16.3. The van der Waals surface area contributed by atoms with Crippen molar-refractivity contribution in [1.29, 1.82) is 0 Å². The standard InChI is InChI=1S/C21H25NO7/c1-22(2)7-3-4-12-13-8-11(9-16(23)24)5-6-15(13)29-10-14-17(12)19(26)21(28)20(27)18(14)25/h5-6,8,12,25-28H,3-4,7,9-10H2,1-2H3,(H,23,24). The van der Waals surface area contributed by atoms with E-state index < -0.39 is 34.9 Å². The summed E-state index contributed by atoms with van der Waals surface area (Å²) in [5.74, 6) is -3.56. The van der Waals surface area contributed by atoms with E-state index in [1.54, 1.807) is 18.2 Å². The lowest BCUT2D eigenvalue weighted by Crippen LogP contribution is -2.14. The van der Waals surface area contributed by atoms with Crippen molar-refractivity contribution in [2.75, 3.05) is 20.6 Å². The van der Waals surface area contributed by atoms with E-state index in [0.717, 1.165) is 13.0 Å². The summed E-state index contributed by atoms with van der Waals surface area (Å²) in [4.78, 5) is 13.2. The number of benzene rings is 2. The van der Waals surface area contributed by atoms with E-state index in [1.165, 1.54) is 0 Å². The highest BCUT2D eigenvalue weighted by atomic mass is 16.5. The quantitative estimate of drug-likeness (QED) is 0.367. The van der Waals surface area contributed by atoms with Gasteiger partial charge in [-0.2, -0.15) is 0 Å². The number of aromatic hydroxyl groups is 4. The van der Waals surface area contributed by atoms with Gasteiger partial charge in [0, 0.05) is 22.6 Å². The number of phenols is 4. The summed E-state index contributed by atoms with van der Waals surface area (Å²) in [7, 11) is 3.88. The first kappa shape index (κ1) is 20.6. The number of ether oxygens (including phenoxy) is 1. The van der Waals surface area contributed by atoms with Crippen molar-refractivity contribution in [3.63, 3.8) is 0 Å².